The van der Waals surface area contributed by atoms with Gasteiger partial charge in [-0.1, -0.05) is 68.5 Å². The van der Waals surface area contributed by atoms with Crippen LogP contribution in [0, 0.1) is 0 Å². The predicted octanol–water partition coefficient (Wildman–Crippen LogP) is 6.90. The standard InChI is InChI=1S/C29H36O5/c1-4-5-6-7-8-9-23-10-12-24(13-11-23)14-17-27(30)26-16-15-25(33-19-18-22(2)3)20-28(26)34-21-29(31)32/h10-18,20H,4-9,19,21H2,1-3H3,(H,31,32)/b17-14+. The number of carbonyl (C=O) groups is 2. The quantitative estimate of drug-likeness (QED) is 0.134. The number of rotatable bonds is 15. The topological polar surface area (TPSA) is 72.8 Å². The molecular weight excluding hydrogens is 428 g/mol. The number of ether oxygens (including phenoxy) is 2. The lowest BCUT2D eigenvalue weighted by atomic mass is 10.0. The van der Waals surface area contributed by atoms with Gasteiger partial charge in [0.25, 0.3) is 0 Å². The zero-order chi connectivity index (χ0) is 24.8. The molecule has 0 aromatic heterocycles. The van der Waals surface area contributed by atoms with E-state index in [0.29, 0.717) is 12.4 Å². The number of allylic oxidation sites excluding steroid dienone is 2. The lowest BCUT2D eigenvalue weighted by Crippen LogP contribution is -2.12. The summed E-state index contributed by atoms with van der Waals surface area (Å²) in [4.78, 5) is 23.8. The summed E-state index contributed by atoms with van der Waals surface area (Å²) < 4.78 is 11.0. The summed E-state index contributed by atoms with van der Waals surface area (Å²) >= 11 is 0. The summed E-state index contributed by atoms with van der Waals surface area (Å²) in [6.45, 7) is 6.00. The van der Waals surface area contributed by atoms with Crippen LogP contribution >= 0.6 is 0 Å². The number of aliphatic carboxylic acids is 1. The molecule has 5 nitrogen and oxygen atoms in total. The number of benzene rings is 2. The molecule has 2 rings (SSSR count). The third-order valence-electron chi connectivity index (χ3n) is 5.29. The van der Waals surface area contributed by atoms with Crippen molar-refractivity contribution < 1.29 is 24.2 Å². The van der Waals surface area contributed by atoms with Gasteiger partial charge in [-0.2, -0.15) is 0 Å². The van der Waals surface area contributed by atoms with Crippen LogP contribution in [0.1, 0.15) is 74.4 Å². The Morgan fingerprint density at radius 2 is 1.68 bits per heavy atom. The maximum absolute atomic E-state index is 12.8. The smallest absolute Gasteiger partial charge is 0.341 e. The molecule has 2 aromatic carbocycles. The van der Waals surface area contributed by atoms with Crippen molar-refractivity contribution in [2.75, 3.05) is 13.2 Å². The highest BCUT2D eigenvalue weighted by atomic mass is 16.5. The monoisotopic (exact) mass is 464 g/mol. The summed E-state index contributed by atoms with van der Waals surface area (Å²) in [7, 11) is 0. The van der Waals surface area contributed by atoms with Crippen molar-refractivity contribution in [2.45, 2.75) is 59.3 Å². The van der Waals surface area contributed by atoms with Gasteiger partial charge < -0.3 is 14.6 Å². The molecule has 0 spiro atoms. The van der Waals surface area contributed by atoms with Gasteiger partial charge in [0.2, 0.25) is 0 Å². The molecule has 0 aliphatic heterocycles. The molecule has 0 bridgehead atoms. The number of ketones is 1. The fourth-order valence-corrected chi connectivity index (χ4v) is 3.35. The molecule has 0 unspecified atom stereocenters. The Morgan fingerprint density at radius 3 is 2.35 bits per heavy atom. The van der Waals surface area contributed by atoms with Crippen LogP contribution in [-0.4, -0.2) is 30.1 Å². The van der Waals surface area contributed by atoms with Crippen LogP contribution in [0.15, 0.2) is 60.2 Å². The van der Waals surface area contributed by atoms with Gasteiger partial charge in [0.1, 0.15) is 18.1 Å². The molecule has 34 heavy (non-hydrogen) atoms. The van der Waals surface area contributed by atoms with E-state index in [1.807, 2.05) is 32.1 Å². The Balaban J connectivity index is 2.04. The first-order chi connectivity index (χ1) is 16.4. The molecule has 0 amide bonds. The van der Waals surface area contributed by atoms with Crippen LogP contribution in [0.4, 0.5) is 0 Å². The molecule has 0 heterocycles. The highest BCUT2D eigenvalue weighted by Gasteiger charge is 2.13. The highest BCUT2D eigenvalue weighted by Crippen LogP contribution is 2.26. The first-order valence-corrected chi connectivity index (χ1v) is 11.9. The third kappa shape index (κ3) is 10.1. The van der Waals surface area contributed by atoms with Crippen molar-refractivity contribution in [1.82, 2.24) is 0 Å². The van der Waals surface area contributed by atoms with E-state index in [-0.39, 0.29) is 17.1 Å². The molecule has 182 valence electrons. The zero-order valence-corrected chi connectivity index (χ0v) is 20.5. The number of hydrogen-bond donors (Lipinski definition) is 1. The predicted molar refractivity (Wildman–Crippen MR) is 137 cm³/mol. The van der Waals surface area contributed by atoms with E-state index in [2.05, 4.69) is 19.1 Å². The van der Waals surface area contributed by atoms with E-state index in [4.69, 9.17) is 14.6 Å². The number of carboxylic acids is 1. The first-order valence-electron chi connectivity index (χ1n) is 11.9. The van der Waals surface area contributed by atoms with E-state index < -0.39 is 12.6 Å². The molecule has 0 radical (unpaired) electrons. The molecule has 0 saturated heterocycles. The summed E-state index contributed by atoms with van der Waals surface area (Å²) in [6.07, 6.45) is 12.5. The third-order valence-corrected chi connectivity index (χ3v) is 5.29. The minimum absolute atomic E-state index is 0.185. The van der Waals surface area contributed by atoms with E-state index in [9.17, 15) is 9.59 Å². The lowest BCUT2D eigenvalue weighted by Gasteiger charge is -2.11. The van der Waals surface area contributed by atoms with Gasteiger partial charge in [0.15, 0.2) is 12.4 Å². The van der Waals surface area contributed by atoms with E-state index in [1.165, 1.54) is 43.7 Å². The van der Waals surface area contributed by atoms with Gasteiger partial charge in [-0.05, 0) is 62.1 Å². The Bertz CT molecular complexity index is 982. The number of carbonyl (C=O) groups excluding carboxylic acids is 1. The highest BCUT2D eigenvalue weighted by molar-refractivity contribution is 6.08. The number of hydrogen-bond acceptors (Lipinski definition) is 4. The molecular formula is C29H36O5. The number of carboxylic acid groups (broad SMARTS) is 1. The van der Waals surface area contributed by atoms with E-state index in [0.717, 1.165) is 17.6 Å². The van der Waals surface area contributed by atoms with Crippen LogP contribution in [0.5, 0.6) is 11.5 Å². The molecule has 0 saturated carbocycles. The van der Waals surface area contributed by atoms with Crippen LogP contribution < -0.4 is 9.47 Å². The average Bonchev–Trinajstić information content (AvgIpc) is 2.81. The van der Waals surface area contributed by atoms with Crippen molar-refractivity contribution in [1.29, 1.82) is 0 Å². The van der Waals surface area contributed by atoms with Crippen molar-refractivity contribution in [3.05, 3.63) is 76.9 Å². The second kappa shape index (κ2) is 14.7. The Morgan fingerprint density at radius 1 is 0.941 bits per heavy atom. The van der Waals surface area contributed by atoms with Gasteiger partial charge in [-0.3, -0.25) is 4.79 Å². The van der Waals surface area contributed by atoms with E-state index >= 15 is 0 Å². The molecule has 0 fully saturated rings. The first kappa shape index (κ1) is 26.9. The van der Waals surface area contributed by atoms with Gasteiger partial charge in [-0.15, -0.1) is 0 Å². The second-order valence-electron chi connectivity index (χ2n) is 8.54. The van der Waals surface area contributed by atoms with Crippen LogP contribution in [0.3, 0.4) is 0 Å². The fourth-order valence-electron chi connectivity index (χ4n) is 3.35. The molecule has 0 aliphatic carbocycles. The molecule has 2 aromatic rings. The lowest BCUT2D eigenvalue weighted by molar-refractivity contribution is -0.139. The van der Waals surface area contributed by atoms with Gasteiger partial charge >= 0.3 is 5.97 Å². The SMILES string of the molecule is CCCCCCCc1ccc(/C=C/C(=O)c2ccc(OCC=C(C)C)cc2OCC(=O)O)cc1. The number of aryl methyl sites for hydroxylation is 1. The average molecular weight is 465 g/mol. The van der Waals surface area contributed by atoms with Crippen LogP contribution in [-0.2, 0) is 11.2 Å². The van der Waals surface area contributed by atoms with Crippen molar-refractivity contribution in [2.24, 2.45) is 0 Å². The minimum atomic E-state index is -1.12. The molecule has 0 atom stereocenters. The Hall–Kier alpha value is -3.34. The van der Waals surface area contributed by atoms with Crippen molar-refractivity contribution >= 4 is 17.8 Å². The zero-order valence-electron chi connectivity index (χ0n) is 20.5. The molecule has 0 aliphatic rings. The molecule has 1 N–H and O–H groups in total. The summed E-state index contributed by atoms with van der Waals surface area (Å²) in [6, 6.07) is 13.1. The largest absolute Gasteiger partial charge is 0.489 e. The fraction of sp³-hybridized carbons (Fsp3) is 0.379. The summed E-state index contributed by atoms with van der Waals surface area (Å²) in [5.41, 5.74) is 3.64. The van der Waals surface area contributed by atoms with E-state index in [1.54, 1.807) is 24.3 Å². The maximum Gasteiger partial charge on any atom is 0.341 e. The number of unbranched alkanes of at least 4 members (excludes halogenated alkanes) is 4. The normalized spacial score (nSPS) is 10.8. The minimum Gasteiger partial charge on any atom is -0.489 e. The van der Waals surface area contributed by atoms with Gasteiger partial charge in [0.05, 0.1) is 5.56 Å². The van der Waals surface area contributed by atoms with Crippen LogP contribution in [0.2, 0.25) is 0 Å². The summed E-state index contributed by atoms with van der Waals surface area (Å²) in [5, 5.41) is 8.98. The Kier molecular flexibility index (Phi) is 11.7. The molecule has 5 heteroatoms. The Labute approximate surface area is 203 Å². The van der Waals surface area contributed by atoms with Crippen molar-refractivity contribution in [3.8, 4) is 11.5 Å². The van der Waals surface area contributed by atoms with Gasteiger partial charge in [-0.25, -0.2) is 4.79 Å². The van der Waals surface area contributed by atoms with Crippen LogP contribution in [0.25, 0.3) is 6.08 Å². The summed E-state index contributed by atoms with van der Waals surface area (Å²) in [5.74, 6) is -0.694. The van der Waals surface area contributed by atoms with Gasteiger partial charge in [0, 0.05) is 6.07 Å². The maximum atomic E-state index is 12.8. The second-order valence-corrected chi connectivity index (χ2v) is 8.54. The van der Waals surface area contributed by atoms with Crippen molar-refractivity contribution in [3.63, 3.8) is 0 Å².